The average Bonchev–Trinajstić information content (AvgIpc) is 1.98. The first-order valence-electron chi connectivity index (χ1n) is 3.26. The van der Waals surface area contributed by atoms with Crippen molar-refractivity contribution in [2.45, 2.75) is 6.18 Å². The molecule has 13 heavy (non-hydrogen) atoms. The molecule has 2 nitrogen and oxygen atoms in total. The summed E-state index contributed by atoms with van der Waals surface area (Å²) in [6, 6.07) is 0.853. The Bertz CT molecular complexity index is 382. The van der Waals surface area contributed by atoms with E-state index in [1.807, 2.05) is 0 Å². The van der Waals surface area contributed by atoms with E-state index in [9.17, 15) is 18.0 Å². The minimum atomic E-state index is -4.49. The van der Waals surface area contributed by atoms with Gasteiger partial charge in [0.05, 0.1) is 10.0 Å². The topological polar surface area (TPSA) is 22.0 Å². The number of hydrogen-bond acceptors (Lipinski definition) is 1. The molecule has 0 atom stereocenters. The van der Waals surface area contributed by atoms with Gasteiger partial charge in [0.15, 0.2) is 0 Å². The van der Waals surface area contributed by atoms with Gasteiger partial charge in [-0.05, 0) is 22.0 Å². The Morgan fingerprint density at radius 3 is 2.46 bits per heavy atom. The predicted octanol–water partition coefficient (Wildman–Crippen LogP) is 2.17. The summed E-state index contributed by atoms with van der Waals surface area (Å²) in [5.41, 5.74) is -1.65. The zero-order chi connectivity index (χ0) is 10.2. The maximum absolute atomic E-state index is 12.2. The van der Waals surface area contributed by atoms with Crippen molar-refractivity contribution in [1.29, 1.82) is 0 Å². The zero-order valence-electron chi connectivity index (χ0n) is 6.52. The van der Waals surface area contributed by atoms with E-state index in [1.165, 1.54) is 7.05 Å². The largest absolute Gasteiger partial charge is 0.417 e. The molecule has 0 aliphatic rings. The second kappa shape index (κ2) is 3.17. The van der Waals surface area contributed by atoms with Gasteiger partial charge >= 0.3 is 6.18 Å². The number of rotatable bonds is 0. The van der Waals surface area contributed by atoms with Crippen LogP contribution in [-0.2, 0) is 13.2 Å². The van der Waals surface area contributed by atoms with Gasteiger partial charge in [0, 0.05) is 13.2 Å². The molecule has 0 aliphatic carbocycles. The van der Waals surface area contributed by atoms with Crippen LogP contribution in [0.1, 0.15) is 5.56 Å². The predicted molar refractivity (Wildman–Crippen MR) is 44.4 cm³/mol. The van der Waals surface area contributed by atoms with Gasteiger partial charge in [0.1, 0.15) is 0 Å². The van der Waals surface area contributed by atoms with E-state index in [1.54, 1.807) is 0 Å². The Labute approximate surface area is 80.1 Å². The van der Waals surface area contributed by atoms with Crippen molar-refractivity contribution >= 4 is 15.9 Å². The Kier molecular flexibility index (Phi) is 2.51. The molecular weight excluding hydrogens is 251 g/mol. The van der Waals surface area contributed by atoms with Gasteiger partial charge in [-0.3, -0.25) is 4.79 Å². The highest BCUT2D eigenvalue weighted by Gasteiger charge is 2.34. The summed E-state index contributed by atoms with van der Waals surface area (Å²) >= 11 is 2.61. The monoisotopic (exact) mass is 255 g/mol. The molecule has 1 aromatic heterocycles. The van der Waals surface area contributed by atoms with Crippen molar-refractivity contribution < 1.29 is 13.2 Å². The van der Waals surface area contributed by atoms with E-state index in [0.717, 1.165) is 16.8 Å². The van der Waals surface area contributed by atoms with Gasteiger partial charge in [-0.25, -0.2) is 0 Å². The summed E-state index contributed by atoms with van der Waals surface area (Å²) in [6.07, 6.45) is -3.41. The number of pyridine rings is 1. The summed E-state index contributed by atoms with van der Waals surface area (Å²) in [6.45, 7) is 0. The maximum atomic E-state index is 12.2. The summed E-state index contributed by atoms with van der Waals surface area (Å²) in [5.74, 6) is 0. The molecule has 1 aromatic rings. The summed E-state index contributed by atoms with van der Waals surface area (Å²) in [4.78, 5) is 11.1. The van der Waals surface area contributed by atoms with Crippen molar-refractivity contribution in [3.63, 3.8) is 0 Å². The molecule has 0 saturated carbocycles. The molecular formula is C7H5BrF3NO. The molecule has 0 aliphatic heterocycles. The third-order valence-corrected chi connectivity index (χ3v) is 2.28. The smallest absolute Gasteiger partial charge is 0.318 e. The van der Waals surface area contributed by atoms with Gasteiger partial charge in [-0.2, -0.15) is 13.2 Å². The second-order valence-corrected chi connectivity index (χ2v) is 3.25. The van der Waals surface area contributed by atoms with E-state index in [2.05, 4.69) is 15.9 Å². The fraction of sp³-hybridized carbons (Fsp3) is 0.286. The van der Waals surface area contributed by atoms with E-state index < -0.39 is 21.8 Å². The highest BCUT2D eigenvalue weighted by Crippen LogP contribution is 2.32. The third kappa shape index (κ3) is 1.93. The zero-order valence-corrected chi connectivity index (χ0v) is 8.11. The SMILES string of the molecule is Cn1ccc(C(F)(F)F)c(Br)c1=O. The summed E-state index contributed by atoms with van der Waals surface area (Å²) < 4.78 is 37.2. The summed E-state index contributed by atoms with van der Waals surface area (Å²) in [5, 5.41) is 0. The van der Waals surface area contributed by atoms with Gasteiger partial charge in [-0.1, -0.05) is 0 Å². The lowest BCUT2D eigenvalue weighted by Crippen LogP contribution is -2.21. The van der Waals surface area contributed by atoms with Crippen LogP contribution in [0.15, 0.2) is 21.5 Å². The Morgan fingerprint density at radius 2 is 2.00 bits per heavy atom. The Morgan fingerprint density at radius 1 is 1.46 bits per heavy atom. The lowest BCUT2D eigenvalue weighted by Gasteiger charge is -2.08. The second-order valence-electron chi connectivity index (χ2n) is 2.46. The highest BCUT2D eigenvalue weighted by atomic mass is 79.9. The van der Waals surface area contributed by atoms with E-state index >= 15 is 0 Å². The molecule has 1 rings (SSSR count). The lowest BCUT2D eigenvalue weighted by molar-refractivity contribution is -0.138. The first kappa shape index (κ1) is 10.3. The Balaban J connectivity index is 3.44. The molecule has 0 aromatic carbocycles. The van der Waals surface area contributed by atoms with Crippen molar-refractivity contribution in [3.05, 3.63) is 32.7 Å². The standard InChI is InChI=1S/C7H5BrF3NO/c1-12-3-2-4(7(9,10)11)5(8)6(12)13/h2-3H,1H3. The number of aryl methyl sites for hydroxylation is 1. The highest BCUT2D eigenvalue weighted by molar-refractivity contribution is 9.10. The van der Waals surface area contributed by atoms with E-state index in [0.29, 0.717) is 0 Å². The van der Waals surface area contributed by atoms with Crippen LogP contribution in [-0.4, -0.2) is 4.57 Å². The minimum absolute atomic E-state index is 0.454. The lowest BCUT2D eigenvalue weighted by atomic mass is 10.2. The van der Waals surface area contributed by atoms with Crippen LogP contribution in [0.25, 0.3) is 0 Å². The van der Waals surface area contributed by atoms with Crippen LogP contribution in [0.3, 0.4) is 0 Å². The molecule has 0 saturated heterocycles. The number of alkyl halides is 3. The van der Waals surface area contributed by atoms with Crippen LogP contribution in [0.2, 0.25) is 0 Å². The molecule has 0 unspecified atom stereocenters. The van der Waals surface area contributed by atoms with Gasteiger partial charge < -0.3 is 4.57 Å². The maximum Gasteiger partial charge on any atom is 0.417 e. The number of nitrogens with zero attached hydrogens (tertiary/aromatic N) is 1. The number of aromatic nitrogens is 1. The van der Waals surface area contributed by atoms with Crippen molar-refractivity contribution in [1.82, 2.24) is 4.57 Å². The van der Waals surface area contributed by atoms with Crippen molar-refractivity contribution in [2.24, 2.45) is 7.05 Å². The minimum Gasteiger partial charge on any atom is -0.318 e. The fourth-order valence-corrected chi connectivity index (χ4v) is 1.45. The first-order valence-corrected chi connectivity index (χ1v) is 4.05. The van der Waals surface area contributed by atoms with Crippen LogP contribution < -0.4 is 5.56 Å². The average molecular weight is 256 g/mol. The number of hydrogen-bond donors (Lipinski definition) is 0. The van der Waals surface area contributed by atoms with Crippen LogP contribution in [0, 0.1) is 0 Å². The third-order valence-electron chi connectivity index (χ3n) is 1.51. The van der Waals surface area contributed by atoms with Gasteiger partial charge in [-0.15, -0.1) is 0 Å². The normalized spacial score (nSPS) is 11.8. The molecule has 0 fully saturated rings. The fourth-order valence-electron chi connectivity index (χ4n) is 0.816. The molecule has 0 bridgehead atoms. The quantitative estimate of drug-likeness (QED) is 0.697. The van der Waals surface area contributed by atoms with Crippen LogP contribution in [0.5, 0.6) is 0 Å². The first-order chi connectivity index (χ1) is 5.84. The molecule has 72 valence electrons. The molecule has 0 spiro atoms. The Hall–Kier alpha value is -0.780. The van der Waals surface area contributed by atoms with Crippen molar-refractivity contribution in [2.75, 3.05) is 0 Å². The summed E-state index contributed by atoms with van der Waals surface area (Å²) in [7, 11) is 1.38. The molecule has 1 heterocycles. The number of halogens is 4. The molecule has 6 heteroatoms. The molecule has 0 amide bonds. The van der Waals surface area contributed by atoms with Crippen molar-refractivity contribution in [3.8, 4) is 0 Å². The van der Waals surface area contributed by atoms with Gasteiger partial charge in [0.2, 0.25) is 0 Å². The van der Waals surface area contributed by atoms with Crippen LogP contribution >= 0.6 is 15.9 Å². The van der Waals surface area contributed by atoms with E-state index in [-0.39, 0.29) is 0 Å². The van der Waals surface area contributed by atoms with E-state index in [4.69, 9.17) is 0 Å². The molecule has 0 N–H and O–H groups in total. The molecule has 0 radical (unpaired) electrons. The van der Waals surface area contributed by atoms with Gasteiger partial charge in [0.25, 0.3) is 5.56 Å². The van der Waals surface area contributed by atoms with Crippen LogP contribution in [0.4, 0.5) is 13.2 Å².